The van der Waals surface area contributed by atoms with Crippen LogP contribution in [0.1, 0.15) is 5.56 Å². The molecular formula is C11H9BrIN3. The van der Waals surface area contributed by atoms with E-state index in [9.17, 15) is 0 Å². The van der Waals surface area contributed by atoms with E-state index >= 15 is 0 Å². The number of aromatic nitrogens is 2. The number of aryl methyl sites for hydroxylation is 1. The highest BCUT2D eigenvalue weighted by Gasteiger charge is 1.99. The first-order valence-corrected chi connectivity index (χ1v) is 6.53. The summed E-state index contributed by atoms with van der Waals surface area (Å²) in [6.07, 6.45) is 3.56. The molecule has 0 saturated carbocycles. The second-order valence-corrected chi connectivity index (χ2v) is 5.41. The van der Waals surface area contributed by atoms with E-state index in [-0.39, 0.29) is 0 Å². The van der Waals surface area contributed by atoms with Gasteiger partial charge in [-0.2, -0.15) is 0 Å². The van der Waals surface area contributed by atoms with Gasteiger partial charge in [0, 0.05) is 26.1 Å². The molecule has 82 valence electrons. The lowest BCUT2D eigenvalue weighted by atomic mass is 10.2. The van der Waals surface area contributed by atoms with Gasteiger partial charge in [-0.3, -0.25) is 0 Å². The predicted octanol–water partition coefficient (Wildman–Crippen LogP) is 3.90. The van der Waals surface area contributed by atoms with Crippen molar-refractivity contribution in [3.8, 4) is 0 Å². The third-order valence-electron chi connectivity index (χ3n) is 2.03. The van der Waals surface area contributed by atoms with Crippen molar-refractivity contribution in [2.75, 3.05) is 5.32 Å². The summed E-state index contributed by atoms with van der Waals surface area (Å²) in [6, 6.07) is 6.04. The van der Waals surface area contributed by atoms with Crippen molar-refractivity contribution in [3.63, 3.8) is 0 Å². The summed E-state index contributed by atoms with van der Waals surface area (Å²) < 4.78 is 2.12. The Morgan fingerprint density at radius 1 is 1.25 bits per heavy atom. The van der Waals surface area contributed by atoms with Crippen molar-refractivity contribution in [3.05, 3.63) is 44.2 Å². The number of rotatable bonds is 2. The molecule has 0 atom stereocenters. The lowest BCUT2D eigenvalue weighted by Gasteiger charge is -2.06. The van der Waals surface area contributed by atoms with Crippen molar-refractivity contribution >= 4 is 50.2 Å². The van der Waals surface area contributed by atoms with E-state index in [4.69, 9.17) is 0 Å². The normalized spacial score (nSPS) is 10.2. The minimum absolute atomic E-state index is 0.613. The zero-order chi connectivity index (χ0) is 11.5. The molecule has 0 amide bonds. The first-order chi connectivity index (χ1) is 7.65. The average molecular weight is 390 g/mol. The molecular weight excluding hydrogens is 381 g/mol. The summed E-state index contributed by atoms with van der Waals surface area (Å²) in [4.78, 5) is 8.37. The molecule has 0 spiro atoms. The maximum atomic E-state index is 4.18. The molecule has 0 unspecified atom stereocenters. The number of hydrogen-bond donors (Lipinski definition) is 1. The molecule has 3 nitrogen and oxygen atoms in total. The van der Waals surface area contributed by atoms with Crippen molar-refractivity contribution in [2.24, 2.45) is 0 Å². The fourth-order valence-corrected chi connectivity index (χ4v) is 1.75. The first-order valence-electron chi connectivity index (χ1n) is 4.66. The number of anilines is 2. The standard InChI is InChI=1S/C11H9BrIN3/c1-7-4-9(2-3-10(7)12)16-11-14-5-8(13)6-15-11/h2-6H,1H3,(H,14,15,16). The Morgan fingerprint density at radius 2 is 1.94 bits per heavy atom. The van der Waals surface area contributed by atoms with Gasteiger partial charge in [0.2, 0.25) is 5.95 Å². The molecule has 1 N–H and O–H groups in total. The maximum Gasteiger partial charge on any atom is 0.227 e. The number of halogens is 2. The first kappa shape index (κ1) is 11.8. The molecule has 2 rings (SSSR count). The monoisotopic (exact) mass is 389 g/mol. The van der Waals surface area contributed by atoms with Gasteiger partial charge in [-0.25, -0.2) is 9.97 Å². The molecule has 1 aromatic heterocycles. The average Bonchev–Trinajstić information content (AvgIpc) is 2.27. The number of nitrogens with one attached hydrogen (secondary N) is 1. The van der Waals surface area contributed by atoms with Gasteiger partial charge < -0.3 is 5.32 Å². The Hall–Kier alpha value is -0.690. The highest BCUT2D eigenvalue weighted by molar-refractivity contribution is 14.1. The molecule has 1 aromatic carbocycles. The minimum atomic E-state index is 0.613. The van der Waals surface area contributed by atoms with Crippen LogP contribution in [-0.2, 0) is 0 Å². The topological polar surface area (TPSA) is 37.8 Å². The SMILES string of the molecule is Cc1cc(Nc2ncc(I)cn2)ccc1Br. The van der Waals surface area contributed by atoms with E-state index in [1.165, 1.54) is 5.56 Å². The zero-order valence-electron chi connectivity index (χ0n) is 8.54. The predicted molar refractivity (Wildman–Crippen MR) is 76.9 cm³/mol. The second kappa shape index (κ2) is 5.09. The molecule has 0 aliphatic heterocycles. The molecule has 16 heavy (non-hydrogen) atoms. The van der Waals surface area contributed by atoms with Crippen LogP contribution in [0.3, 0.4) is 0 Å². The van der Waals surface area contributed by atoms with E-state index in [0.717, 1.165) is 13.7 Å². The van der Waals surface area contributed by atoms with Gasteiger partial charge in [-0.15, -0.1) is 0 Å². The Kier molecular flexibility index (Phi) is 3.75. The Labute approximate surface area is 116 Å². The Balaban J connectivity index is 2.20. The van der Waals surface area contributed by atoms with Crippen LogP contribution < -0.4 is 5.32 Å². The fraction of sp³-hybridized carbons (Fsp3) is 0.0909. The summed E-state index contributed by atoms with van der Waals surface area (Å²) in [6.45, 7) is 2.05. The molecule has 0 bridgehead atoms. The Bertz CT molecular complexity index is 499. The van der Waals surface area contributed by atoms with Crippen molar-refractivity contribution in [1.29, 1.82) is 0 Å². The van der Waals surface area contributed by atoms with Gasteiger partial charge in [0.1, 0.15) is 0 Å². The van der Waals surface area contributed by atoms with Crippen LogP contribution in [0.2, 0.25) is 0 Å². The van der Waals surface area contributed by atoms with Crippen molar-refractivity contribution in [2.45, 2.75) is 6.92 Å². The van der Waals surface area contributed by atoms with Gasteiger partial charge in [0.05, 0.1) is 0 Å². The fourth-order valence-electron chi connectivity index (χ4n) is 1.23. The molecule has 0 fully saturated rings. The van der Waals surface area contributed by atoms with E-state index in [0.29, 0.717) is 5.95 Å². The largest absolute Gasteiger partial charge is 0.324 e. The third kappa shape index (κ3) is 2.91. The van der Waals surface area contributed by atoms with Gasteiger partial charge in [-0.1, -0.05) is 15.9 Å². The number of hydrogen-bond acceptors (Lipinski definition) is 3. The van der Waals surface area contributed by atoms with Gasteiger partial charge >= 0.3 is 0 Å². The van der Waals surface area contributed by atoms with Crippen LogP contribution in [0.4, 0.5) is 11.6 Å². The summed E-state index contributed by atoms with van der Waals surface area (Å²) in [7, 11) is 0. The molecule has 0 aliphatic rings. The molecule has 0 saturated heterocycles. The molecule has 0 aliphatic carbocycles. The van der Waals surface area contributed by atoms with Crippen molar-refractivity contribution < 1.29 is 0 Å². The van der Waals surface area contributed by atoms with Crippen LogP contribution in [0, 0.1) is 10.5 Å². The molecule has 1 heterocycles. The summed E-state index contributed by atoms with van der Waals surface area (Å²) in [5.74, 6) is 0.613. The Morgan fingerprint density at radius 3 is 2.56 bits per heavy atom. The smallest absolute Gasteiger partial charge is 0.227 e. The van der Waals surface area contributed by atoms with E-state index in [1.54, 1.807) is 12.4 Å². The summed E-state index contributed by atoms with van der Waals surface area (Å²) in [5.41, 5.74) is 2.16. The van der Waals surface area contributed by atoms with E-state index in [1.807, 2.05) is 25.1 Å². The van der Waals surface area contributed by atoms with E-state index in [2.05, 4.69) is 53.8 Å². The van der Waals surface area contributed by atoms with Crippen LogP contribution in [0.5, 0.6) is 0 Å². The van der Waals surface area contributed by atoms with Crippen molar-refractivity contribution in [1.82, 2.24) is 9.97 Å². The van der Waals surface area contributed by atoms with Crippen LogP contribution in [0.15, 0.2) is 35.1 Å². The molecule has 0 radical (unpaired) electrons. The van der Waals surface area contributed by atoms with Crippen LogP contribution in [-0.4, -0.2) is 9.97 Å². The third-order valence-corrected chi connectivity index (χ3v) is 3.48. The number of nitrogens with zero attached hydrogens (tertiary/aromatic N) is 2. The van der Waals surface area contributed by atoms with E-state index < -0.39 is 0 Å². The highest BCUT2D eigenvalue weighted by atomic mass is 127. The lowest BCUT2D eigenvalue weighted by Crippen LogP contribution is -1.97. The zero-order valence-corrected chi connectivity index (χ0v) is 12.3. The lowest BCUT2D eigenvalue weighted by molar-refractivity contribution is 1.15. The van der Waals surface area contributed by atoms with Gasteiger partial charge in [0.15, 0.2) is 0 Å². The quantitative estimate of drug-likeness (QED) is 0.791. The van der Waals surface area contributed by atoms with Crippen LogP contribution >= 0.6 is 38.5 Å². The highest BCUT2D eigenvalue weighted by Crippen LogP contribution is 2.21. The number of benzene rings is 1. The minimum Gasteiger partial charge on any atom is -0.324 e. The molecule has 5 heteroatoms. The van der Waals surface area contributed by atoms with Crippen LogP contribution in [0.25, 0.3) is 0 Å². The maximum absolute atomic E-state index is 4.18. The van der Waals surface area contributed by atoms with Gasteiger partial charge in [-0.05, 0) is 53.3 Å². The second-order valence-electron chi connectivity index (χ2n) is 3.31. The summed E-state index contributed by atoms with van der Waals surface area (Å²) in [5, 5.41) is 3.15. The summed E-state index contributed by atoms with van der Waals surface area (Å²) >= 11 is 5.64. The van der Waals surface area contributed by atoms with Gasteiger partial charge in [0.25, 0.3) is 0 Å². The molecule has 2 aromatic rings.